The standard InChI is InChI=1S/C19H18N2O3S/c1-23-15-7-5-6-13(10-15)17-11-14(21-24-17)12-19(22)20-16-8-3-4-9-18(16)25-2/h3-11H,12H2,1-2H3,(H,20,22). The fraction of sp³-hybridized carbons (Fsp3) is 0.158. The number of ether oxygens (including phenoxy) is 1. The van der Waals surface area contributed by atoms with Crippen molar-refractivity contribution in [1.29, 1.82) is 0 Å². The van der Waals surface area contributed by atoms with Crippen molar-refractivity contribution in [1.82, 2.24) is 5.16 Å². The zero-order chi connectivity index (χ0) is 17.6. The second-order valence-electron chi connectivity index (χ2n) is 5.34. The van der Waals surface area contributed by atoms with E-state index in [2.05, 4.69) is 10.5 Å². The minimum Gasteiger partial charge on any atom is -0.497 e. The lowest BCUT2D eigenvalue weighted by Gasteiger charge is -2.08. The molecule has 5 nitrogen and oxygen atoms in total. The highest BCUT2D eigenvalue weighted by Crippen LogP contribution is 2.26. The van der Waals surface area contributed by atoms with Crippen molar-refractivity contribution in [3.05, 3.63) is 60.3 Å². The van der Waals surface area contributed by atoms with Gasteiger partial charge in [0.15, 0.2) is 5.76 Å². The summed E-state index contributed by atoms with van der Waals surface area (Å²) in [6, 6.07) is 17.0. The number of benzene rings is 2. The van der Waals surface area contributed by atoms with Crippen LogP contribution in [0.4, 0.5) is 5.69 Å². The summed E-state index contributed by atoms with van der Waals surface area (Å²) >= 11 is 1.59. The highest BCUT2D eigenvalue weighted by Gasteiger charge is 2.12. The maximum absolute atomic E-state index is 12.3. The molecule has 0 aliphatic carbocycles. The average molecular weight is 354 g/mol. The Morgan fingerprint density at radius 1 is 1.20 bits per heavy atom. The highest BCUT2D eigenvalue weighted by molar-refractivity contribution is 7.98. The van der Waals surface area contributed by atoms with Crippen LogP contribution in [-0.4, -0.2) is 24.4 Å². The molecule has 1 amide bonds. The molecule has 1 heterocycles. The average Bonchev–Trinajstić information content (AvgIpc) is 3.10. The van der Waals surface area contributed by atoms with Crippen LogP contribution in [0.15, 0.2) is 64.0 Å². The van der Waals surface area contributed by atoms with E-state index in [1.54, 1.807) is 24.9 Å². The Hall–Kier alpha value is -2.73. The van der Waals surface area contributed by atoms with Crippen LogP contribution in [0.3, 0.4) is 0 Å². The van der Waals surface area contributed by atoms with Gasteiger partial charge in [-0.05, 0) is 30.5 Å². The van der Waals surface area contributed by atoms with E-state index >= 15 is 0 Å². The summed E-state index contributed by atoms with van der Waals surface area (Å²) in [5.41, 5.74) is 2.24. The highest BCUT2D eigenvalue weighted by atomic mass is 32.2. The van der Waals surface area contributed by atoms with Crippen molar-refractivity contribution >= 4 is 23.4 Å². The van der Waals surface area contributed by atoms with Crippen LogP contribution in [0.1, 0.15) is 5.69 Å². The summed E-state index contributed by atoms with van der Waals surface area (Å²) in [5, 5.41) is 6.91. The summed E-state index contributed by atoms with van der Waals surface area (Å²) < 4.78 is 10.6. The molecule has 6 heteroatoms. The molecule has 0 atom stereocenters. The van der Waals surface area contributed by atoms with E-state index in [4.69, 9.17) is 9.26 Å². The van der Waals surface area contributed by atoms with Gasteiger partial charge < -0.3 is 14.6 Å². The van der Waals surface area contributed by atoms with Crippen LogP contribution < -0.4 is 10.1 Å². The topological polar surface area (TPSA) is 64.4 Å². The molecule has 0 spiro atoms. The molecule has 3 rings (SSSR count). The van der Waals surface area contributed by atoms with Crippen LogP contribution in [-0.2, 0) is 11.2 Å². The molecule has 3 aromatic rings. The number of aromatic nitrogens is 1. The molecule has 0 bridgehead atoms. The smallest absolute Gasteiger partial charge is 0.230 e. The van der Waals surface area contributed by atoms with Crippen molar-refractivity contribution < 1.29 is 14.1 Å². The molecule has 0 aliphatic heterocycles. The molecule has 0 aliphatic rings. The fourth-order valence-electron chi connectivity index (χ4n) is 2.41. The van der Waals surface area contributed by atoms with E-state index < -0.39 is 0 Å². The summed E-state index contributed by atoms with van der Waals surface area (Å²) in [7, 11) is 1.61. The number of thioether (sulfide) groups is 1. The first kappa shape index (κ1) is 17.1. The molecule has 0 radical (unpaired) electrons. The molecular weight excluding hydrogens is 336 g/mol. The van der Waals surface area contributed by atoms with E-state index in [0.717, 1.165) is 21.9 Å². The molecule has 0 saturated heterocycles. The number of nitrogens with one attached hydrogen (secondary N) is 1. The van der Waals surface area contributed by atoms with Crippen LogP contribution in [0.2, 0.25) is 0 Å². The van der Waals surface area contributed by atoms with Gasteiger partial charge in [-0.2, -0.15) is 0 Å². The normalized spacial score (nSPS) is 10.5. The first-order valence-corrected chi connectivity index (χ1v) is 8.95. The lowest BCUT2D eigenvalue weighted by atomic mass is 10.1. The Labute approximate surface area is 150 Å². The molecule has 1 aromatic heterocycles. The zero-order valence-electron chi connectivity index (χ0n) is 14.0. The number of anilines is 1. The van der Waals surface area contributed by atoms with Crippen molar-refractivity contribution in [2.45, 2.75) is 11.3 Å². The number of nitrogens with zero attached hydrogens (tertiary/aromatic N) is 1. The van der Waals surface area contributed by atoms with E-state index in [9.17, 15) is 4.79 Å². The second kappa shape index (κ2) is 7.90. The second-order valence-corrected chi connectivity index (χ2v) is 6.19. The van der Waals surface area contributed by atoms with E-state index in [0.29, 0.717) is 11.5 Å². The largest absolute Gasteiger partial charge is 0.497 e. The first-order valence-electron chi connectivity index (χ1n) is 7.72. The van der Waals surface area contributed by atoms with Gasteiger partial charge in [0.1, 0.15) is 5.75 Å². The Balaban J connectivity index is 1.69. The van der Waals surface area contributed by atoms with Gasteiger partial charge in [-0.25, -0.2) is 0 Å². The minimum absolute atomic E-state index is 0.132. The van der Waals surface area contributed by atoms with Crippen LogP contribution in [0.5, 0.6) is 5.75 Å². The van der Waals surface area contributed by atoms with Gasteiger partial charge >= 0.3 is 0 Å². The Morgan fingerprint density at radius 3 is 2.84 bits per heavy atom. The summed E-state index contributed by atoms with van der Waals surface area (Å²) in [4.78, 5) is 13.3. The van der Waals surface area contributed by atoms with Crippen LogP contribution in [0.25, 0.3) is 11.3 Å². The van der Waals surface area contributed by atoms with Gasteiger partial charge in [-0.1, -0.05) is 29.4 Å². The Bertz CT molecular complexity index is 876. The Morgan fingerprint density at radius 2 is 2.04 bits per heavy atom. The van der Waals surface area contributed by atoms with Crippen molar-refractivity contribution in [3.63, 3.8) is 0 Å². The Kier molecular flexibility index (Phi) is 5.40. The molecule has 0 fully saturated rings. The van der Waals surface area contributed by atoms with E-state index in [1.807, 2.05) is 54.8 Å². The number of hydrogen-bond donors (Lipinski definition) is 1. The van der Waals surface area contributed by atoms with Crippen LogP contribution >= 0.6 is 11.8 Å². The number of para-hydroxylation sites is 1. The van der Waals surface area contributed by atoms with Gasteiger partial charge in [0.2, 0.25) is 5.91 Å². The number of amides is 1. The summed E-state index contributed by atoms with van der Waals surface area (Å²) in [6.45, 7) is 0. The molecular formula is C19H18N2O3S. The minimum atomic E-state index is -0.132. The maximum Gasteiger partial charge on any atom is 0.230 e. The van der Waals surface area contributed by atoms with E-state index in [1.165, 1.54) is 0 Å². The summed E-state index contributed by atoms with van der Waals surface area (Å²) in [5.74, 6) is 1.21. The third-order valence-corrected chi connectivity index (χ3v) is 4.43. The lowest BCUT2D eigenvalue weighted by molar-refractivity contribution is -0.115. The number of methoxy groups -OCH3 is 1. The third kappa shape index (κ3) is 4.22. The predicted molar refractivity (Wildman–Crippen MR) is 99.0 cm³/mol. The van der Waals surface area contributed by atoms with Gasteiger partial charge in [-0.15, -0.1) is 11.8 Å². The fourth-order valence-corrected chi connectivity index (χ4v) is 2.97. The van der Waals surface area contributed by atoms with Crippen molar-refractivity contribution in [2.75, 3.05) is 18.7 Å². The lowest BCUT2D eigenvalue weighted by Crippen LogP contribution is -2.15. The SMILES string of the molecule is COc1cccc(-c2cc(CC(=O)Nc3ccccc3SC)no2)c1. The van der Waals surface area contributed by atoms with Gasteiger partial charge in [0.25, 0.3) is 0 Å². The van der Waals surface area contributed by atoms with Gasteiger partial charge in [0.05, 0.1) is 24.9 Å². The molecule has 1 N–H and O–H groups in total. The molecule has 0 saturated carbocycles. The molecule has 128 valence electrons. The molecule has 25 heavy (non-hydrogen) atoms. The number of carbonyl (C=O) groups excluding carboxylic acids is 1. The quantitative estimate of drug-likeness (QED) is 0.670. The maximum atomic E-state index is 12.3. The molecule has 0 unspecified atom stereocenters. The summed E-state index contributed by atoms with van der Waals surface area (Å²) in [6.07, 6.45) is 2.12. The first-order chi connectivity index (χ1) is 12.2. The number of rotatable bonds is 6. The van der Waals surface area contributed by atoms with E-state index in [-0.39, 0.29) is 12.3 Å². The predicted octanol–water partition coefficient (Wildman–Crippen LogP) is 4.25. The number of carbonyl (C=O) groups is 1. The monoisotopic (exact) mass is 354 g/mol. The zero-order valence-corrected chi connectivity index (χ0v) is 14.8. The number of hydrogen-bond acceptors (Lipinski definition) is 5. The van der Waals surface area contributed by atoms with Crippen molar-refractivity contribution in [3.8, 4) is 17.1 Å². The van der Waals surface area contributed by atoms with Gasteiger partial charge in [-0.3, -0.25) is 4.79 Å². The molecule has 2 aromatic carbocycles. The van der Waals surface area contributed by atoms with Crippen molar-refractivity contribution in [2.24, 2.45) is 0 Å². The van der Waals surface area contributed by atoms with Crippen LogP contribution in [0, 0.1) is 0 Å². The third-order valence-electron chi connectivity index (χ3n) is 3.64. The van der Waals surface area contributed by atoms with Gasteiger partial charge in [0, 0.05) is 16.5 Å².